The second-order valence-corrected chi connectivity index (χ2v) is 9.55. The summed E-state index contributed by atoms with van der Waals surface area (Å²) in [5.74, 6) is 0.176. The first kappa shape index (κ1) is 25.6. The molecular formula is C27H22N8O3S. The summed E-state index contributed by atoms with van der Waals surface area (Å²) in [6.07, 6.45) is 3.96. The van der Waals surface area contributed by atoms with Gasteiger partial charge in [-0.3, -0.25) is 4.79 Å². The van der Waals surface area contributed by atoms with Gasteiger partial charge in [0.2, 0.25) is 0 Å². The van der Waals surface area contributed by atoms with Gasteiger partial charge < -0.3 is 20.0 Å². The van der Waals surface area contributed by atoms with Gasteiger partial charge in [0.1, 0.15) is 23.5 Å². The summed E-state index contributed by atoms with van der Waals surface area (Å²) in [7, 11) is 0. The number of thioether (sulfide) groups is 1. The zero-order chi connectivity index (χ0) is 27.2. The molecule has 2 aromatic carbocycles. The Bertz CT molecular complexity index is 1740. The number of aromatic carboxylic acids is 1. The molecule has 3 heterocycles. The zero-order valence-electron chi connectivity index (χ0n) is 20.5. The average molecular weight is 539 g/mol. The van der Waals surface area contributed by atoms with Crippen molar-refractivity contribution in [2.75, 3.05) is 11.1 Å². The maximum absolute atomic E-state index is 12.5. The summed E-state index contributed by atoms with van der Waals surface area (Å²) < 4.78 is 1.95. The first-order valence-corrected chi connectivity index (χ1v) is 13.0. The number of aryl methyl sites for hydroxylation is 1. The highest BCUT2D eigenvalue weighted by molar-refractivity contribution is 7.99. The van der Waals surface area contributed by atoms with Crippen molar-refractivity contribution in [1.82, 2.24) is 29.5 Å². The maximum atomic E-state index is 12.5. The van der Waals surface area contributed by atoms with Gasteiger partial charge >= 0.3 is 5.97 Å². The minimum atomic E-state index is -1.11. The number of rotatable bonds is 10. The zero-order valence-corrected chi connectivity index (χ0v) is 21.4. The fourth-order valence-corrected chi connectivity index (χ4v) is 4.78. The van der Waals surface area contributed by atoms with Gasteiger partial charge in [-0.15, -0.1) is 0 Å². The number of nitrogens with one attached hydrogen (secondary N) is 2. The van der Waals surface area contributed by atoms with Crippen LogP contribution in [-0.4, -0.2) is 46.3 Å². The third kappa shape index (κ3) is 5.78. The van der Waals surface area contributed by atoms with E-state index in [1.165, 1.54) is 30.2 Å². The minimum Gasteiger partial charge on any atom is -0.478 e. The number of aromatic amines is 1. The van der Waals surface area contributed by atoms with Crippen LogP contribution >= 0.6 is 11.8 Å². The van der Waals surface area contributed by atoms with Gasteiger partial charge in [0.15, 0.2) is 16.6 Å². The Morgan fingerprint density at radius 1 is 1.13 bits per heavy atom. The topological polar surface area (TPSA) is 162 Å². The highest BCUT2D eigenvalue weighted by Gasteiger charge is 2.16. The summed E-state index contributed by atoms with van der Waals surface area (Å²) in [5.41, 5.74) is 2.39. The fraction of sp³-hybridized carbons (Fsp3) is 0.148. The molecule has 0 aliphatic heterocycles. The molecule has 11 nitrogen and oxygen atoms in total. The Morgan fingerprint density at radius 2 is 1.97 bits per heavy atom. The van der Waals surface area contributed by atoms with Crippen LogP contribution < -0.4 is 10.9 Å². The Balaban J connectivity index is 1.26. The lowest BCUT2D eigenvalue weighted by molar-refractivity contribution is 0.0697. The third-order valence-corrected chi connectivity index (χ3v) is 6.84. The molecule has 0 aliphatic carbocycles. The molecule has 5 rings (SSSR count). The molecule has 12 heteroatoms. The summed E-state index contributed by atoms with van der Waals surface area (Å²) in [4.78, 5) is 44.3. The molecule has 194 valence electrons. The Labute approximate surface area is 226 Å². The molecule has 0 unspecified atom stereocenters. The van der Waals surface area contributed by atoms with E-state index in [4.69, 9.17) is 0 Å². The van der Waals surface area contributed by atoms with Crippen molar-refractivity contribution >= 4 is 34.7 Å². The number of nitrogens with zero attached hydrogens (tertiary/aromatic N) is 6. The van der Waals surface area contributed by atoms with Crippen molar-refractivity contribution in [2.24, 2.45) is 0 Å². The number of anilines is 1. The average Bonchev–Trinajstić information content (AvgIpc) is 3.38. The van der Waals surface area contributed by atoms with Crippen LogP contribution in [0.5, 0.6) is 0 Å². The second-order valence-electron chi connectivity index (χ2n) is 8.47. The van der Waals surface area contributed by atoms with E-state index in [0.717, 1.165) is 17.6 Å². The lowest BCUT2D eigenvalue weighted by atomic mass is 10.0. The first-order chi connectivity index (χ1) is 19.0. The van der Waals surface area contributed by atoms with Crippen LogP contribution in [-0.2, 0) is 13.1 Å². The van der Waals surface area contributed by atoms with Crippen molar-refractivity contribution in [2.45, 2.75) is 24.7 Å². The van der Waals surface area contributed by atoms with Gasteiger partial charge in [0.25, 0.3) is 5.56 Å². The number of nitriles is 1. The smallest absolute Gasteiger partial charge is 0.335 e. The lowest BCUT2D eigenvalue weighted by Crippen LogP contribution is -2.15. The molecule has 39 heavy (non-hydrogen) atoms. The second kappa shape index (κ2) is 11.6. The highest BCUT2D eigenvalue weighted by atomic mass is 32.2. The number of fused-ring (bicyclic) bond motifs is 1. The Hall–Kier alpha value is -5.02. The van der Waals surface area contributed by atoms with Crippen LogP contribution in [0, 0.1) is 11.3 Å². The van der Waals surface area contributed by atoms with E-state index in [9.17, 15) is 20.0 Å². The van der Waals surface area contributed by atoms with Crippen LogP contribution in [0.25, 0.3) is 22.4 Å². The molecule has 0 radical (unpaired) electrons. The summed E-state index contributed by atoms with van der Waals surface area (Å²) in [6, 6.07) is 17.9. The molecule has 5 aromatic rings. The van der Waals surface area contributed by atoms with Crippen LogP contribution in [0.4, 0.5) is 5.82 Å². The quantitative estimate of drug-likeness (QED) is 0.135. The molecule has 0 saturated heterocycles. The van der Waals surface area contributed by atoms with Gasteiger partial charge in [0, 0.05) is 24.4 Å². The number of aromatic nitrogens is 6. The van der Waals surface area contributed by atoms with Gasteiger partial charge in [0.05, 0.1) is 17.6 Å². The number of hydrogen-bond acceptors (Lipinski definition) is 9. The Morgan fingerprint density at radius 3 is 2.77 bits per heavy atom. The van der Waals surface area contributed by atoms with Gasteiger partial charge in [-0.05, 0) is 24.1 Å². The molecular weight excluding hydrogens is 516 g/mol. The van der Waals surface area contributed by atoms with E-state index in [2.05, 4.69) is 30.2 Å². The molecule has 0 atom stereocenters. The summed E-state index contributed by atoms with van der Waals surface area (Å²) >= 11 is 1.34. The van der Waals surface area contributed by atoms with E-state index >= 15 is 0 Å². The summed E-state index contributed by atoms with van der Waals surface area (Å²) in [6.45, 7) is 1.25. The number of H-pyrrole nitrogens is 1. The molecule has 0 saturated carbocycles. The molecule has 0 bridgehead atoms. The van der Waals surface area contributed by atoms with Gasteiger partial charge in [-0.1, -0.05) is 54.2 Å². The number of benzene rings is 2. The largest absolute Gasteiger partial charge is 0.478 e. The molecule has 0 aliphatic rings. The van der Waals surface area contributed by atoms with E-state index < -0.39 is 11.5 Å². The fourth-order valence-electron chi connectivity index (χ4n) is 3.99. The van der Waals surface area contributed by atoms with Crippen molar-refractivity contribution < 1.29 is 9.90 Å². The van der Waals surface area contributed by atoms with Crippen molar-refractivity contribution in [1.29, 1.82) is 5.26 Å². The van der Waals surface area contributed by atoms with Crippen LogP contribution in [0.3, 0.4) is 0 Å². The standard InChI is InChI=1S/C27H22N8O3S/c28-13-20-21(18-8-4-9-19(12-18)26(37)38)33-27(34-25(20)36)39-11-5-10-35-16-32-22-23(30-15-31-24(22)35)29-14-17-6-2-1-3-7-17/h1-4,6-9,12,15-16H,5,10-11,14H2,(H,37,38)(H,29,30,31)(H,33,34,36). The number of hydrogen-bond donors (Lipinski definition) is 3. The van der Waals surface area contributed by atoms with Crippen molar-refractivity contribution in [3.8, 4) is 17.3 Å². The normalized spacial score (nSPS) is 10.8. The molecule has 3 aromatic heterocycles. The van der Waals surface area contributed by atoms with Crippen molar-refractivity contribution in [3.05, 3.63) is 94.3 Å². The molecule has 3 N–H and O–H groups in total. The van der Waals surface area contributed by atoms with Crippen LogP contribution in [0.15, 0.2) is 77.2 Å². The third-order valence-electron chi connectivity index (χ3n) is 5.88. The van der Waals surface area contributed by atoms with Crippen LogP contribution in [0.2, 0.25) is 0 Å². The monoisotopic (exact) mass is 538 g/mol. The number of imidazole rings is 1. The van der Waals surface area contributed by atoms with E-state index in [0.29, 0.717) is 40.9 Å². The van der Waals surface area contributed by atoms with E-state index in [1.54, 1.807) is 18.5 Å². The number of carboxylic acids is 1. The van der Waals surface area contributed by atoms with Gasteiger partial charge in [-0.2, -0.15) is 5.26 Å². The molecule has 0 fully saturated rings. The Kier molecular flexibility index (Phi) is 7.60. The molecule has 0 amide bonds. The first-order valence-electron chi connectivity index (χ1n) is 12.0. The number of carboxylic acid groups (broad SMARTS) is 1. The number of carbonyl (C=O) groups is 1. The van der Waals surface area contributed by atoms with Crippen molar-refractivity contribution in [3.63, 3.8) is 0 Å². The SMILES string of the molecule is N#Cc1c(-c2cccc(C(=O)O)c2)nc(SCCCn2cnc3c(NCc4ccccc4)ncnc32)[nH]c1=O. The highest BCUT2D eigenvalue weighted by Crippen LogP contribution is 2.24. The van der Waals surface area contributed by atoms with E-state index in [1.807, 2.05) is 41.0 Å². The van der Waals surface area contributed by atoms with Crippen LogP contribution in [0.1, 0.15) is 27.9 Å². The lowest BCUT2D eigenvalue weighted by Gasteiger charge is -2.08. The van der Waals surface area contributed by atoms with E-state index in [-0.39, 0.29) is 16.8 Å². The summed E-state index contributed by atoms with van der Waals surface area (Å²) in [5, 5.41) is 22.5. The maximum Gasteiger partial charge on any atom is 0.335 e. The predicted octanol–water partition coefficient (Wildman–Crippen LogP) is 3.94. The van der Waals surface area contributed by atoms with Gasteiger partial charge in [-0.25, -0.2) is 24.7 Å². The minimum absolute atomic E-state index is 0.0439. The predicted molar refractivity (Wildman–Crippen MR) is 146 cm³/mol. The molecule has 0 spiro atoms.